The number of esters is 1. The summed E-state index contributed by atoms with van der Waals surface area (Å²) in [4.78, 5) is 32.2. The van der Waals surface area contributed by atoms with Crippen LogP contribution < -0.4 is 14.9 Å². The zero-order chi connectivity index (χ0) is 28.5. The third-order valence-corrected chi connectivity index (χ3v) is 7.78. The lowest BCUT2D eigenvalue weighted by atomic mass is 9.96. The molecular formula is C32H25FN4O3S. The number of rotatable bonds is 6. The highest BCUT2D eigenvalue weighted by Gasteiger charge is 2.33. The summed E-state index contributed by atoms with van der Waals surface area (Å²) in [6.45, 7) is 3.71. The van der Waals surface area contributed by atoms with Crippen LogP contribution in [0.2, 0.25) is 0 Å². The first-order valence-corrected chi connectivity index (χ1v) is 13.9. The molecule has 0 aliphatic carbocycles. The fraction of sp³-hybridized carbons (Fsp3) is 0.125. The standard InChI is InChI=1S/C32H25FN4O3S/c1-3-40-31(39)27-20(2)34-32-37(29(27)22-10-6-4-7-11-22)30(38)26(41-32)18-23-19-36(25-12-8-5-9-13-25)35-28(23)21-14-16-24(33)17-15-21/h4-19,29H,3H2,1-2H3/b26-18+/t29-/m0/s1. The van der Waals surface area contributed by atoms with Crippen LogP contribution in [-0.4, -0.2) is 26.9 Å². The lowest BCUT2D eigenvalue weighted by Gasteiger charge is -2.24. The molecule has 0 radical (unpaired) electrons. The van der Waals surface area contributed by atoms with E-state index in [-0.39, 0.29) is 18.0 Å². The number of ether oxygens (including phenoxy) is 1. The molecule has 0 saturated heterocycles. The third kappa shape index (κ3) is 4.96. The molecule has 1 atom stereocenters. The van der Waals surface area contributed by atoms with Gasteiger partial charge in [-0.15, -0.1) is 0 Å². The molecule has 0 N–H and O–H groups in total. The number of nitrogens with zero attached hydrogens (tertiary/aromatic N) is 4. The van der Waals surface area contributed by atoms with E-state index in [1.54, 1.807) is 41.3 Å². The van der Waals surface area contributed by atoms with Crippen LogP contribution in [0.3, 0.4) is 0 Å². The first-order chi connectivity index (χ1) is 19.9. The molecule has 0 unspecified atom stereocenters. The highest BCUT2D eigenvalue weighted by atomic mass is 32.1. The van der Waals surface area contributed by atoms with Gasteiger partial charge >= 0.3 is 5.97 Å². The smallest absolute Gasteiger partial charge is 0.338 e. The zero-order valence-electron chi connectivity index (χ0n) is 22.3. The highest BCUT2D eigenvalue weighted by Crippen LogP contribution is 2.31. The molecule has 3 aromatic carbocycles. The van der Waals surface area contributed by atoms with E-state index in [1.807, 2.05) is 66.9 Å². The Labute approximate surface area is 238 Å². The van der Waals surface area contributed by atoms with Crippen molar-refractivity contribution in [3.63, 3.8) is 0 Å². The highest BCUT2D eigenvalue weighted by molar-refractivity contribution is 7.07. The fourth-order valence-corrected chi connectivity index (χ4v) is 5.96. The summed E-state index contributed by atoms with van der Waals surface area (Å²) in [5, 5.41) is 4.78. The van der Waals surface area contributed by atoms with Crippen molar-refractivity contribution < 1.29 is 13.9 Å². The number of aromatic nitrogens is 3. The topological polar surface area (TPSA) is 78.5 Å². The Bertz CT molecular complexity index is 1960. The van der Waals surface area contributed by atoms with E-state index in [0.29, 0.717) is 37.4 Å². The Morgan fingerprint density at radius 1 is 1.02 bits per heavy atom. The summed E-state index contributed by atoms with van der Waals surface area (Å²) in [7, 11) is 0. The van der Waals surface area contributed by atoms with Gasteiger partial charge in [-0.2, -0.15) is 5.10 Å². The van der Waals surface area contributed by atoms with Crippen LogP contribution in [0.25, 0.3) is 23.0 Å². The predicted molar refractivity (Wildman–Crippen MR) is 156 cm³/mol. The number of thiazole rings is 1. The molecule has 0 bridgehead atoms. The van der Waals surface area contributed by atoms with Gasteiger partial charge in [0, 0.05) is 17.3 Å². The molecule has 7 nitrogen and oxygen atoms in total. The molecule has 204 valence electrons. The van der Waals surface area contributed by atoms with Crippen molar-refractivity contribution in [1.29, 1.82) is 0 Å². The lowest BCUT2D eigenvalue weighted by Crippen LogP contribution is -2.39. The van der Waals surface area contributed by atoms with Crippen molar-refractivity contribution in [1.82, 2.24) is 14.3 Å². The maximum atomic E-state index is 14.0. The van der Waals surface area contributed by atoms with Crippen molar-refractivity contribution in [2.24, 2.45) is 4.99 Å². The summed E-state index contributed by atoms with van der Waals surface area (Å²) < 4.78 is 22.8. The van der Waals surface area contributed by atoms with Gasteiger partial charge in [0.2, 0.25) is 0 Å². The number of hydrogen-bond donors (Lipinski definition) is 0. The van der Waals surface area contributed by atoms with E-state index in [1.165, 1.54) is 23.5 Å². The Balaban J connectivity index is 1.56. The van der Waals surface area contributed by atoms with Crippen LogP contribution in [0, 0.1) is 5.82 Å². The quantitative estimate of drug-likeness (QED) is 0.278. The molecule has 2 aromatic heterocycles. The van der Waals surface area contributed by atoms with Crippen LogP contribution >= 0.6 is 11.3 Å². The van der Waals surface area contributed by atoms with Gasteiger partial charge in [-0.3, -0.25) is 9.36 Å². The summed E-state index contributed by atoms with van der Waals surface area (Å²) in [6.07, 6.45) is 3.62. The number of carbonyl (C=O) groups is 1. The number of allylic oxidation sites excluding steroid dienone is 1. The Morgan fingerprint density at radius 3 is 2.39 bits per heavy atom. The van der Waals surface area contributed by atoms with Gasteiger partial charge < -0.3 is 4.74 Å². The maximum Gasteiger partial charge on any atom is 0.338 e. The molecular weight excluding hydrogens is 539 g/mol. The lowest BCUT2D eigenvalue weighted by molar-refractivity contribution is -0.139. The Kier molecular flexibility index (Phi) is 7.03. The molecule has 41 heavy (non-hydrogen) atoms. The van der Waals surface area contributed by atoms with E-state index < -0.39 is 12.0 Å². The van der Waals surface area contributed by atoms with Gasteiger partial charge in [-0.25, -0.2) is 18.9 Å². The van der Waals surface area contributed by atoms with E-state index in [2.05, 4.69) is 4.99 Å². The number of benzene rings is 3. The second-order valence-electron chi connectivity index (χ2n) is 9.43. The molecule has 0 spiro atoms. The minimum Gasteiger partial charge on any atom is -0.463 e. The second kappa shape index (κ2) is 10.9. The molecule has 3 heterocycles. The van der Waals surface area contributed by atoms with Gasteiger partial charge in [0.1, 0.15) is 11.5 Å². The molecule has 9 heteroatoms. The molecule has 0 saturated carbocycles. The van der Waals surface area contributed by atoms with Crippen LogP contribution in [0.1, 0.15) is 31.0 Å². The first kappa shape index (κ1) is 26.3. The van der Waals surface area contributed by atoms with Gasteiger partial charge in [0.05, 0.1) is 34.1 Å². The molecule has 0 fully saturated rings. The van der Waals surface area contributed by atoms with Crippen LogP contribution in [0.4, 0.5) is 4.39 Å². The van der Waals surface area contributed by atoms with Crippen LogP contribution in [0.15, 0.2) is 112 Å². The Hall–Kier alpha value is -4.89. The zero-order valence-corrected chi connectivity index (χ0v) is 23.1. The second-order valence-corrected chi connectivity index (χ2v) is 10.4. The normalized spacial score (nSPS) is 15.0. The van der Waals surface area contributed by atoms with E-state index in [0.717, 1.165) is 11.3 Å². The number of fused-ring (bicyclic) bond motifs is 1. The molecule has 5 aromatic rings. The van der Waals surface area contributed by atoms with Crippen molar-refractivity contribution in [3.05, 3.63) is 139 Å². The maximum absolute atomic E-state index is 14.0. The number of hydrogen-bond acceptors (Lipinski definition) is 6. The van der Waals surface area contributed by atoms with Crippen LogP contribution in [0.5, 0.6) is 0 Å². The monoisotopic (exact) mass is 564 g/mol. The molecule has 6 rings (SSSR count). The summed E-state index contributed by atoms with van der Waals surface area (Å²) in [6, 6.07) is 24.4. The van der Waals surface area contributed by atoms with Gasteiger partial charge in [-0.1, -0.05) is 59.9 Å². The van der Waals surface area contributed by atoms with Gasteiger partial charge in [0.15, 0.2) is 4.80 Å². The summed E-state index contributed by atoms with van der Waals surface area (Å²) >= 11 is 1.24. The predicted octanol–water partition coefficient (Wildman–Crippen LogP) is 4.79. The molecule has 1 aliphatic rings. The average Bonchev–Trinajstić information content (AvgIpc) is 3.54. The minimum absolute atomic E-state index is 0.207. The SMILES string of the molecule is CCOC(=O)C1=C(C)N=c2s/c(=C/c3cn(-c4ccccc4)nc3-c3ccc(F)cc3)c(=O)n2[C@H]1c1ccccc1. The number of para-hydroxylation sites is 1. The minimum atomic E-state index is -0.683. The average molecular weight is 565 g/mol. The molecule has 1 aliphatic heterocycles. The van der Waals surface area contributed by atoms with Crippen LogP contribution in [-0.2, 0) is 9.53 Å². The largest absolute Gasteiger partial charge is 0.463 e. The van der Waals surface area contributed by atoms with E-state index >= 15 is 0 Å². The molecule has 0 amide bonds. The van der Waals surface area contributed by atoms with Crippen molar-refractivity contribution >= 4 is 23.4 Å². The van der Waals surface area contributed by atoms with E-state index in [9.17, 15) is 14.0 Å². The van der Waals surface area contributed by atoms with Crippen molar-refractivity contribution in [2.45, 2.75) is 19.9 Å². The first-order valence-electron chi connectivity index (χ1n) is 13.1. The summed E-state index contributed by atoms with van der Waals surface area (Å²) in [5.41, 5.74) is 4.18. The number of carbonyl (C=O) groups excluding carboxylic acids is 1. The van der Waals surface area contributed by atoms with Gasteiger partial charge in [0.25, 0.3) is 5.56 Å². The number of halogens is 1. The third-order valence-electron chi connectivity index (χ3n) is 6.80. The summed E-state index contributed by atoms with van der Waals surface area (Å²) in [5.74, 6) is -0.848. The Morgan fingerprint density at radius 2 is 1.71 bits per heavy atom. The fourth-order valence-electron chi connectivity index (χ4n) is 4.92. The van der Waals surface area contributed by atoms with E-state index in [4.69, 9.17) is 9.84 Å². The van der Waals surface area contributed by atoms with Crippen molar-refractivity contribution in [3.8, 4) is 16.9 Å². The van der Waals surface area contributed by atoms with Crippen molar-refractivity contribution in [2.75, 3.05) is 6.61 Å². The van der Waals surface area contributed by atoms with Gasteiger partial charge in [-0.05, 0) is 61.9 Å².